The lowest BCUT2D eigenvalue weighted by Crippen LogP contribution is -2.35. The predicted octanol–water partition coefficient (Wildman–Crippen LogP) is 4.61. The summed E-state index contributed by atoms with van der Waals surface area (Å²) in [6.07, 6.45) is 13.4. The first-order valence-corrected chi connectivity index (χ1v) is 10.1. The fourth-order valence-corrected chi connectivity index (χ4v) is 4.36. The molecule has 0 atom stereocenters. The summed E-state index contributed by atoms with van der Waals surface area (Å²) in [5.41, 5.74) is 2.91. The fraction of sp³-hybridized carbons (Fsp3) is 0.619. The molecule has 1 aromatic carbocycles. The monoisotopic (exact) mass is 339 g/mol. The van der Waals surface area contributed by atoms with Gasteiger partial charge in [0.25, 0.3) is 5.91 Å². The summed E-state index contributed by atoms with van der Waals surface area (Å²) in [4.78, 5) is 17.5. The van der Waals surface area contributed by atoms with Gasteiger partial charge in [-0.3, -0.25) is 4.79 Å². The van der Waals surface area contributed by atoms with Crippen molar-refractivity contribution in [3.63, 3.8) is 0 Å². The Balaban J connectivity index is 1.51. The molecule has 4 heteroatoms. The molecule has 134 valence electrons. The van der Waals surface area contributed by atoms with Gasteiger partial charge in [0.2, 0.25) is 0 Å². The lowest BCUT2D eigenvalue weighted by Gasteiger charge is -2.21. The second kappa shape index (κ2) is 7.59. The Kier molecular flexibility index (Phi) is 5.04. The van der Waals surface area contributed by atoms with E-state index in [1.807, 2.05) is 12.1 Å². The van der Waals surface area contributed by atoms with E-state index in [1.54, 1.807) is 0 Å². The summed E-state index contributed by atoms with van der Waals surface area (Å²) in [6.45, 7) is 1.06. The zero-order chi connectivity index (χ0) is 17.1. The van der Waals surface area contributed by atoms with Crippen LogP contribution in [-0.2, 0) is 13.0 Å². The largest absolute Gasteiger partial charge is 0.349 e. The van der Waals surface area contributed by atoms with E-state index in [4.69, 9.17) is 4.98 Å². The number of amides is 1. The third-order valence-corrected chi connectivity index (χ3v) is 5.81. The number of hydrogen-bond donors (Lipinski definition) is 1. The lowest BCUT2D eigenvalue weighted by molar-refractivity contribution is 0.0930. The van der Waals surface area contributed by atoms with Gasteiger partial charge in [-0.25, -0.2) is 4.98 Å². The lowest BCUT2D eigenvalue weighted by atomic mass is 9.96. The highest BCUT2D eigenvalue weighted by atomic mass is 16.1. The normalized spacial score (nSPS) is 19.7. The summed E-state index contributed by atoms with van der Waals surface area (Å²) in [7, 11) is 0. The van der Waals surface area contributed by atoms with Crippen LogP contribution >= 0.6 is 0 Å². The number of nitrogens with zero attached hydrogens (tertiary/aromatic N) is 2. The molecule has 1 amide bonds. The highest BCUT2D eigenvalue weighted by Crippen LogP contribution is 2.23. The van der Waals surface area contributed by atoms with Crippen molar-refractivity contribution in [1.29, 1.82) is 0 Å². The van der Waals surface area contributed by atoms with Crippen molar-refractivity contribution in [1.82, 2.24) is 14.9 Å². The number of benzene rings is 1. The number of aryl methyl sites for hydroxylation is 2. The molecule has 25 heavy (non-hydrogen) atoms. The van der Waals surface area contributed by atoms with E-state index in [1.165, 1.54) is 62.7 Å². The molecule has 1 saturated carbocycles. The van der Waals surface area contributed by atoms with Gasteiger partial charge in [-0.05, 0) is 43.9 Å². The molecular formula is C21H29N3O. The van der Waals surface area contributed by atoms with Crippen molar-refractivity contribution in [2.24, 2.45) is 0 Å². The Hall–Kier alpha value is -1.84. The van der Waals surface area contributed by atoms with Crippen LogP contribution in [0.15, 0.2) is 18.2 Å². The highest BCUT2D eigenvalue weighted by Gasteiger charge is 2.18. The minimum absolute atomic E-state index is 0.0654. The number of carbonyl (C=O) groups is 1. The predicted molar refractivity (Wildman–Crippen MR) is 101 cm³/mol. The smallest absolute Gasteiger partial charge is 0.251 e. The zero-order valence-corrected chi connectivity index (χ0v) is 15.1. The first-order valence-electron chi connectivity index (χ1n) is 10.1. The summed E-state index contributed by atoms with van der Waals surface area (Å²) in [5.74, 6) is 1.25. The number of fused-ring (bicyclic) bond motifs is 3. The number of nitrogens with one attached hydrogen (secondary N) is 1. The van der Waals surface area contributed by atoms with Crippen molar-refractivity contribution < 1.29 is 4.79 Å². The molecule has 1 aliphatic heterocycles. The molecule has 1 aromatic heterocycles. The topological polar surface area (TPSA) is 46.9 Å². The molecule has 4 nitrogen and oxygen atoms in total. The van der Waals surface area contributed by atoms with Crippen LogP contribution in [-0.4, -0.2) is 21.5 Å². The Morgan fingerprint density at radius 3 is 2.60 bits per heavy atom. The van der Waals surface area contributed by atoms with Crippen LogP contribution in [0.1, 0.15) is 80.4 Å². The third-order valence-electron chi connectivity index (χ3n) is 5.81. The van der Waals surface area contributed by atoms with E-state index in [0.717, 1.165) is 36.9 Å². The second-order valence-corrected chi connectivity index (χ2v) is 7.71. The third kappa shape index (κ3) is 3.73. The van der Waals surface area contributed by atoms with Crippen LogP contribution in [0.25, 0.3) is 11.0 Å². The van der Waals surface area contributed by atoms with Gasteiger partial charge in [0.05, 0.1) is 11.0 Å². The zero-order valence-electron chi connectivity index (χ0n) is 15.1. The maximum Gasteiger partial charge on any atom is 0.251 e. The fourth-order valence-electron chi connectivity index (χ4n) is 4.36. The number of rotatable bonds is 2. The summed E-state index contributed by atoms with van der Waals surface area (Å²) in [5, 5.41) is 3.27. The Morgan fingerprint density at radius 1 is 1.00 bits per heavy atom. The number of hydrogen-bond acceptors (Lipinski definition) is 2. The van der Waals surface area contributed by atoms with Crippen molar-refractivity contribution in [2.75, 3.05) is 0 Å². The maximum atomic E-state index is 12.7. The van der Waals surface area contributed by atoms with Gasteiger partial charge in [0, 0.05) is 24.6 Å². The Labute approximate surface area is 150 Å². The van der Waals surface area contributed by atoms with Gasteiger partial charge >= 0.3 is 0 Å². The summed E-state index contributed by atoms with van der Waals surface area (Å²) in [6, 6.07) is 6.38. The Bertz CT molecular complexity index is 741. The molecular weight excluding hydrogens is 310 g/mol. The molecule has 0 spiro atoms. The average Bonchev–Trinajstić information content (AvgIpc) is 2.77. The van der Waals surface area contributed by atoms with Gasteiger partial charge in [-0.2, -0.15) is 0 Å². The SMILES string of the molecule is O=C(NC1CCCCCCC1)c1ccc2c(c1)nc1n2CCCCC1. The molecule has 0 saturated heterocycles. The van der Waals surface area contributed by atoms with E-state index in [-0.39, 0.29) is 5.91 Å². The minimum Gasteiger partial charge on any atom is -0.349 e. The first-order chi connectivity index (χ1) is 12.3. The van der Waals surface area contributed by atoms with Crippen LogP contribution < -0.4 is 5.32 Å². The van der Waals surface area contributed by atoms with Gasteiger partial charge in [0.15, 0.2) is 0 Å². The van der Waals surface area contributed by atoms with E-state index in [0.29, 0.717) is 6.04 Å². The number of carbonyl (C=O) groups excluding carboxylic acids is 1. The summed E-state index contributed by atoms with van der Waals surface area (Å²) >= 11 is 0. The van der Waals surface area contributed by atoms with Gasteiger partial charge in [-0.1, -0.05) is 38.5 Å². The van der Waals surface area contributed by atoms with Crippen molar-refractivity contribution in [2.45, 2.75) is 83.2 Å². The quantitative estimate of drug-likeness (QED) is 0.869. The number of aromatic nitrogens is 2. The van der Waals surface area contributed by atoms with E-state index < -0.39 is 0 Å². The summed E-state index contributed by atoms with van der Waals surface area (Å²) < 4.78 is 2.35. The van der Waals surface area contributed by atoms with E-state index in [2.05, 4.69) is 16.0 Å². The van der Waals surface area contributed by atoms with Crippen molar-refractivity contribution >= 4 is 16.9 Å². The molecule has 0 unspecified atom stereocenters. The van der Waals surface area contributed by atoms with Gasteiger partial charge in [-0.15, -0.1) is 0 Å². The van der Waals surface area contributed by atoms with Crippen LogP contribution in [0, 0.1) is 0 Å². The first kappa shape index (κ1) is 16.6. The second-order valence-electron chi connectivity index (χ2n) is 7.71. The molecule has 1 fully saturated rings. The molecule has 0 radical (unpaired) electrons. The van der Waals surface area contributed by atoms with Gasteiger partial charge in [0.1, 0.15) is 5.82 Å². The van der Waals surface area contributed by atoms with E-state index in [9.17, 15) is 4.79 Å². The van der Waals surface area contributed by atoms with Crippen molar-refractivity contribution in [3.05, 3.63) is 29.6 Å². The van der Waals surface area contributed by atoms with Gasteiger partial charge < -0.3 is 9.88 Å². The molecule has 4 rings (SSSR count). The molecule has 2 aliphatic rings. The molecule has 1 aliphatic carbocycles. The average molecular weight is 339 g/mol. The van der Waals surface area contributed by atoms with Crippen LogP contribution in [0.2, 0.25) is 0 Å². The van der Waals surface area contributed by atoms with Crippen LogP contribution in [0.5, 0.6) is 0 Å². The molecule has 0 bridgehead atoms. The van der Waals surface area contributed by atoms with Crippen molar-refractivity contribution in [3.8, 4) is 0 Å². The maximum absolute atomic E-state index is 12.7. The molecule has 1 N–H and O–H groups in total. The minimum atomic E-state index is 0.0654. The van der Waals surface area contributed by atoms with Crippen LogP contribution in [0.3, 0.4) is 0 Å². The standard InChI is InChI=1S/C21H29N3O/c25-21(22-17-9-5-2-1-3-6-10-17)16-12-13-19-18(15-16)23-20-11-7-4-8-14-24(19)20/h12-13,15,17H,1-11,14H2,(H,22,25). The Morgan fingerprint density at radius 2 is 1.76 bits per heavy atom. The van der Waals surface area contributed by atoms with Crippen LogP contribution in [0.4, 0.5) is 0 Å². The highest BCUT2D eigenvalue weighted by molar-refractivity contribution is 5.97. The number of imidazole rings is 1. The van der Waals surface area contributed by atoms with E-state index >= 15 is 0 Å². The molecule has 2 aromatic rings. The molecule has 2 heterocycles.